The van der Waals surface area contributed by atoms with E-state index in [9.17, 15) is 19.2 Å². The average molecular weight is 497 g/mol. The van der Waals surface area contributed by atoms with Crippen molar-refractivity contribution in [2.75, 3.05) is 50.6 Å². The van der Waals surface area contributed by atoms with Gasteiger partial charge in [-0.05, 0) is 42.8 Å². The molecule has 1 unspecified atom stereocenters. The predicted molar refractivity (Wildman–Crippen MR) is 130 cm³/mol. The fourth-order valence-electron chi connectivity index (χ4n) is 4.02. The molecule has 0 saturated carbocycles. The van der Waals surface area contributed by atoms with Crippen molar-refractivity contribution in [1.29, 1.82) is 0 Å². The molecule has 1 atom stereocenters. The number of amides is 4. The lowest BCUT2D eigenvalue weighted by Crippen LogP contribution is -2.54. The Kier molecular flexibility index (Phi) is 8.13. The van der Waals surface area contributed by atoms with Gasteiger partial charge in [-0.15, -0.1) is 0 Å². The van der Waals surface area contributed by atoms with Gasteiger partial charge in [-0.25, -0.2) is 0 Å². The molecule has 0 aromatic heterocycles. The van der Waals surface area contributed by atoms with Crippen molar-refractivity contribution in [3.05, 3.63) is 53.6 Å². The number of fused-ring (bicyclic) bond motifs is 1. The van der Waals surface area contributed by atoms with E-state index < -0.39 is 29.7 Å². The van der Waals surface area contributed by atoms with E-state index in [1.165, 1.54) is 0 Å². The number of hydrogen-bond acceptors (Lipinski definition) is 9. The Bertz CT molecular complexity index is 1140. The maximum absolute atomic E-state index is 13.1. The second kappa shape index (κ2) is 11.6. The van der Waals surface area contributed by atoms with Crippen LogP contribution in [0.5, 0.6) is 5.75 Å². The highest BCUT2D eigenvalue weighted by Gasteiger charge is 2.45. The van der Waals surface area contributed by atoms with Crippen LogP contribution in [0, 0.1) is 0 Å². The summed E-state index contributed by atoms with van der Waals surface area (Å²) in [6, 6.07) is 11.0. The van der Waals surface area contributed by atoms with E-state index in [2.05, 4.69) is 10.6 Å². The molecule has 36 heavy (non-hydrogen) atoms. The molecule has 1 fully saturated rings. The quantitative estimate of drug-likeness (QED) is 0.224. The summed E-state index contributed by atoms with van der Waals surface area (Å²) in [5, 5.41) is 5.31. The molecular weight excluding hydrogens is 468 g/mol. The molecule has 190 valence electrons. The van der Waals surface area contributed by atoms with Gasteiger partial charge in [0.05, 0.1) is 37.6 Å². The van der Waals surface area contributed by atoms with Crippen LogP contribution < -0.4 is 21.1 Å². The van der Waals surface area contributed by atoms with Gasteiger partial charge in [-0.2, -0.15) is 0 Å². The first-order valence-corrected chi connectivity index (χ1v) is 11.7. The standard InChI is InChI=1S/C25H28N4O7/c26-16-4-6-17(7-5-16)36-15-14-35-13-12-34-11-10-27-19-3-1-2-18-22(19)25(33)29(24(18)32)20-8-9-21(30)28-23(20)31/h1-7,20,27H,8-15,26H2,(H,28,30,31). The van der Waals surface area contributed by atoms with Crippen molar-refractivity contribution in [3.63, 3.8) is 0 Å². The summed E-state index contributed by atoms with van der Waals surface area (Å²) in [6.45, 7) is 2.37. The number of imide groups is 2. The number of benzene rings is 2. The molecule has 11 nitrogen and oxygen atoms in total. The second-order valence-corrected chi connectivity index (χ2v) is 8.24. The Hall–Kier alpha value is -3.96. The van der Waals surface area contributed by atoms with Crippen LogP contribution in [-0.4, -0.2) is 74.1 Å². The number of nitrogens with two attached hydrogens (primary N) is 1. The van der Waals surface area contributed by atoms with Crippen molar-refractivity contribution >= 4 is 35.0 Å². The number of carbonyl (C=O) groups excluding carboxylic acids is 4. The van der Waals surface area contributed by atoms with Gasteiger partial charge in [0.2, 0.25) is 11.8 Å². The maximum atomic E-state index is 13.1. The van der Waals surface area contributed by atoms with Crippen LogP contribution in [0.3, 0.4) is 0 Å². The normalized spacial score (nSPS) is 17.2. The van der Waals surface area contributed by atoms with Crippen molar-refractivity contribution < 1.29 is 33.4 Å². The zero-order chi connectivity index (χ0) is 25.5. The number of piperidine rings is 1. The number of anilines is 2. The van der Waals surface area contributed by atoms with Crippen LogP contribution in [0.1, 0.15) is 33.6 Å². The highest BCUT2D eigenvalue weighted by molar-refractivity contribution is 6.25. The number of hydrogen-bond donors (Lipinski definition) is 3. The molecule has 11 heteroatoms. The van der Waals surface area contributed by atoms with E-state index in [0.717, 1.165) is 10.6 Å². The lowest BCUT2D eigenvalue weighted by Gasteiger charge is -2.27. The molecule has 0 radical (unpaired) electrons. The Morgan fingerprint density at radius 3 is 2.39 bits per heavy atom. The molecule has 2 aromatic rings. The van der Waals surface area contributed by atoms with E-state index in [0.29, 0.717) is 51.0 Å². The van der Waals surface area contributed by atoms with Crippen molar-refractivity contribution in [1.82, 2.24) is 10.2 Å². The van der Waals surface area contributed by atoms with E-state index in [1.807, 2.05) is 0 Å². The van der Waals surface area contributed by atoms with E-state index >= 15 is 0 Å². The van der Waals surface area contributed by atoms with Crippen LogP contribution in [-0.2, 0) is 19.1 Å². The molecule has 2 heterocycles. The summed E-state index contributed by atoms with van der Waals surface area (Å²) in [6.07, 6.45) is 0.188. The topological polar surface area (TPSA) is 149 Å². The zero-order valence-electron chi connectivity index (χ0n) is 19.7. The summed E-state index contributed by atoms with van der Waals surface area (Å²) >= 11 is 0. The summed E-state index contributed by atoms with van der Waals surface area (Å²) in [5.41, 5.74) is 7.24. The smallest absolute Gasteiger partial charge is 0.264 e. The summed E-state index contributed by atoms with van der Waals surface area (Å²) < 4.78 is 16.6. The average Bonchev–Trinajstić information content (AvgIpc) is 3.12. The number of nitrogen functional groups attached to an aromatic ring is 1. The number of nitrogens with zero attached hydrogens (tertiary/aromatic N) is 1. The van der Waals surface area contributed by atoms with Crippen molar-refractivity contribution in [2.45, 2.75) is 18.9 Å². The highest BCUT2D eigenvalue weighted by Crippen LogP contribution is 2.32. The number of rotatable bonds is 12. The van der Waals surface area contributed by atoms with E-state index in [4.69, 9.17) is 19.9 Å². The molecule has 0 spiro atoms. The molecule has 4 rings (SSSR count). The molecule has 2 aliphatic rings. The van der Waals surface area contributed by atoms with Crippen LogP contribution in [0.25, 0.3) is 0 Å². The van der Waals surface area contributed by atoms with Crippen LogP contribution >= 0.6 is 0 Å². The Labute approximate surface area is 207 Å². The van der Waals surface area contributed by atoms with Gasteiger partial charge in [0.15, 0.2) is 0 Å². The van der Waals surface area contributed by atoms with Crippen molar-refractivity contribution in [3.8, 4) is 5.75 Å². The lowest BCUT2D eigenvalue weighted by molar-refractivity contribution is -0.136. The number of ether oxygens (including phenoxy) is 3. The van der Waals surface area contributed by atoms with E-state index in [1.54, 1.807) is 42.5 Å². The van der Waals surface area contributed by atoms with Crippen LogP contribution in [0.2, 0.25) is 0 Å². The second-order valence-electron chi connectivity index (χ2n) is 8.24. The molecule has 0 aliphatic carbocycles. The van der Waals surface area contributed by atoms with Gasteiger partial charge >= 0.3 is 0 Å². The van der Waals surface area contributed by atoms with Gasteiger partial charge in [0, 0.05) is 24.3 Å². The van der Waals surface area contributed by atoms with Crippen LogP contribution in [0.15, 0.2) is 42.5 Å². The Balaban J connectivity index is 1.17. The largest absolute Gasteiger partial charge is 0.491 e. The first-order chi connectivity index (χ1) is 17.5. The molecular formula is C25H28N4O7. The number of nitrogens with one attached hydrogen (secondary N) is 2. The minimum atomic E-state index is -0.997. The summed E-state index contributed by atoms with van der Waals surface area (Å²) in [7, 11) is 0. The minimum absolute atomic E-state index is 0.0750. The summed E-state index contributed by atoms with van der Waals surface area (Å²) in [4.78, 5) is 50.5. The summed E-state index contributed by atoms with van der Waals surface area (Å²) in [5.74, 6) is -1.41. The van der Waals surface area contributed by atoms with Gasteiger partial charge in [-0.1, -0.05) is 6.07 Å². The number of carbonyl (C=O) groups is 4. The third-order valence-corrected chi connectivity index (χ3v) is 5.78. The van der Waals surface area contributed by atoms with E-state index in [-0.39, 0.29) is 24.0 Å². The van der Waals surface area contributed by atoms with Gasteiger partial charge in [0.1, 0.15) is 18.4 Å². The Morgan fingerprint density at radius 1 is 0.917 bits per heavy atom. The van der Waals surface area contributed by atoms with Crippen molar-refractivity contribution in [2.24, 2.45) is 0 Å². The third-order valence-electron chi connectivity index (χ3n) is 5.78. The fraction of sp³-hybridized carbons (Fsp3) is 0.360. The van der Waals surface area contributed by atoms with Gasteiger partial charge in [0.25, 0.3) is 11.8 Å². The zero-order valence-corrected chi connectivity index (χ0v) is 19.7. The lowest BCUT2D eigenvalue weighted by atomic mass is 10.0. The molecule has 2 aliphatic heterocycles. The first kappa shape index (κ1) is 25.1. The highest BCUT2D eigenvalue weighted by atomic mass is 16.5. The SMILES string of the molecule is Nc1ccc(OCCOCCOCCNc2cccc3c2C(=O)N(C2CCC(=O)NC2=O)C3=O)cc1. The monoisotopic (exact) mass is 496 g/mol. The third kappa shape index (κ3) is 5.81. The maximum Gasteiger partial charge on any atom is 0.264 e. The molecule has 0 bridgehead atoms. The molecule has 4 amide bonds. The van der Waals surface area contributed by atoms with Gasteiger partial charge in [-0.3, -0.25) is 29.4 Å². The van der Waals surface area contributed by atoms with Gasteiger partial charge < -0.3 is 25.3 Å². The molecule has 4 N–H and O–H groups in total. The fourth-order valence-corrected chi connectivity index (χ4v) is 4.02. The predicted octanol–water partition coefficient (Wildman–Crippen LogP) is 1.19. The van der Waals surface area contributed by atoms with Crippen LogP contribution in [0.4, 0.5) is 11.4 Å². The molecule has 2 aromatic carbocycles. The first-order valence-electron chi connectivity index (χ1n) is 11.7. The molecule has 1 saturated heterocycles. The minimum Gasteiger partial charge on any atom is -0.491 e. The Morgan fingerprint density at radius 2 is 1.64 bits per heavy atom.